The minimum absolute atomic E-state index is 0.0616. The van der Waals surface area contributed by atoms with Crippen LogP contribution in [0.15, 0.2) is 59.1 Å². The molecule has 2 aromatic rings. The molecule has 1 aliphatic rings. The fraction of sp³-hybridized carbons (Fsp3) is 0.261. The topological polar surface area (TPSA) is 91.2 Å². The van der Waals surface area contributed by atoms with Gasteiger partial charge in [-0.2, -0.15) is 18.4 Å². The number of para-hydroxylation sites is 1. The number of nitrogens with one attached hydrogen (secondary N) is 2. The highest BCUT2D eigenvalue weighted by Crippen LogP contribution is 2.37. The highest BCUT2D eigenvalue weighted by molar-refractivity contribution is 8.03. The van der Waals surface area contributed by atoms with E-state index in [9.17, 15) is 28.0 Å². The van der Waals surface area contributed by atoms with Crippen molar-refractivity contribution in [1.29, 1.82) is 5.26 Å². The van der Waals surface area contributed by atoms with Crippen LogP contribution in [0.3, 0.4) is 0 Å². The molecule has 10 heteroatoms. The molecule has 0 fully saturated rings. The van der Waals surface area contributed by atoms with E-state index in [1.807, 2.05) is 6.92 Å². The zero-order valence-corrected chi connectivity index (χ0v) is 18.3. The van der Waals surface area contributed by atoms with E-state index in [1.165, 1.54) is 12.1 Å². The molecule has 1 heterocycles. The number of benzene rings is 2. The van der Waals surface area contributed by atoms with Crippen LogP contribution < -0.4 is 15.4 Å². The molecule has 0 saturated carbocycles. The molecule has 1 aliphatic heterocycles. The van der Waals surface area contributed by atoms with Crippen molar-refractivity contribution in [1.82, 2.24) is 5.32 Å². The first-order chi connectivity index (χ1) is 15.7. The van der Waals surface area contributed by atoms with E-state index in [0.29, 0.717) is 12.4 Å². The largest absolute Gasteiger partial charge is 0.494 e. The van der Waals surface area contributed by atoms with E-state index < -0.39 is 23.6 Å². The Labute approximate surface area is 192 Å². The Morgan fingerprint density at radius 3 is 2.58 bits per heavy atom. The number of halogens is 3. The van der Waals surface area contributed by atoms with Gasteiger partial charge in [0.25, 0.3) is 0 Å². The van der Waals surface area contributed by atoms with Crippen LogP contribution in [0.1, 0.15) is 30.4 Å². The average Bonchev–Trinajstić information content (AvgIpc) is 2.77. The number of nitriles is 1. The Bertz CT molecular complexity index is 1110. The van der Waals surface area contributed by atoms with Crippen LogP contribution in [0, 0.1) is 11.3 Å². The van der Waals surface area contributed by atoms with Crippen molar-refractivity contribution in [2.75, 3.05) is 17.7 Å². The lowest BCUT2D eigenvalue weighted by atomic mass is 9.87. The Morgan fingerprint density at radius 2 is 1.94 bits per heavy atom. The van der Waals surface area contributed by atoms with Crippen LogP contribution in [0.4, 0.5) is 18.9 Å². The van der Waals surface area contributed by atoms with Crippen LogP contribution in [0.5, 0.6) is 5.75 Å². The number of hydrogen-bond donors (Lipinski definition) is 2. The first-order valence-electron chi connectivity index (χ1n) is 9.98. The minimum atomic E-state index is -4.62. The maximum Gasteiger partial charge on any atom is 0.418 e. The third-order valence-electron chi connectivity index (χ3n) is 4.80. The second-order valence-corrected chi connectivity index (χ2v) is 8.03. The predicted molar refractivity (Wildman–Crippen MR) is 118 cm³/mol. The molecule has 6 nitrogen and oxygen atoms in total. The number of amides is 2. The lowest BCUT2D eigenvalue weighted by Gasteiger charge is -2.25. The average molecular weight is 475 g/mol. The standard InChI is InChI=1S/C23H20F3N3O3S/c1-2-32-15-9-7-14(8-10-15)16-11-20(30)29-22(17(16)12-27)33-13-21(31)28-19-6-4-3-5-18(19)23(24,25)26/h3-10,16H,2,11,13H2,1H3,(H,28,31)(H,29,30)/t16-/m0/s1. The molecule has 0 aliphatic carbocycles. The van der Waals surface area contributed by atoms with Gasteiger partial charge in [0.05, 0.1) is 40.3 Å². The summed E-state index contributed by atoms with van der Waals surface area (Å²) in [7, 11) is 0. The van der Waals surface area contributed by atoms with Crippen molar-refractivity contribution in [3.8, 4) is 11.8 Å². The molecular weight excluding hydrogens is 455 g/mol. The minimum Gasteiger partial charge on any atom is -0.494 e. The van der Waals surface area contributed by atoms with Crippen LogP contribution in [-0.2, 0) is 15.8 Å². The molecule has 0 spiro atoms. The van der Waals surface area contributed by atoms with Gasteiger partial charge in [0.1, 0.15) is 5.75 Å². The van der Waals surface area contributed by atoms with E-state index in [2.05, 4.69) is 16.7 Å². The van der Waals surface area contributed by atoms with Crippen molar-refractivity contribution in [2.45, 2.75) is 25.4 Å². The number of ether oxygens (including phenoxy) is 1. The second kappa shape index (κ2) is 10.4. The monoisotopic (exact) mass is 475 g/mol. The van der Waals surface area contributed by atoms with E-state index in [0.717, 1.165) is 29.5 Å². The Hall–Kier alpha value is -3.45. The molecule has 0 bridgehead atoms. The number of alkyl halides is 3. The Balaban J connectivity index is 1.76. The van der Waals surface area contributed by atoms with Gasteiger partial charge in [0.15, 0.2) is 0 Å². The summed E-state index contributed by atoms with van der Waals surface area (Å²) in [5.74, 6) is -1.15. The van der Waals surface area contributed by atoms with E-state index in [1.54, 1.807) is 24.3 Å². The van der Waals surface area contributed by atoms with Crippen molar-refractivity contribution >= 4 is 29.3 Å². The third-order valence-corrected chi connectivity index (χ3v) is 5.82. The summed E-state index contributed by atoms with van der Waals surface area (Å²) >= 11 is 0.891. The molecule has 2 aromatic carbocycles. The lowest BCUT2D eigenvalue weighted by molar-refractivity contribution is -0.137. The molecule has 0 aromatic heterocycles. The number of carbonyl (C=O) groups excluding carboxylic acids is 2. The maximum absolute atomic E-state index is 13.1. The highest BCUT2D eigenvalue weighted by atomic mass is 32.2. The summed E-state index contributed by atoms with van der Waals surface area (Å²) in [6.07, 6.45) is -4.55. The Kier molecular flexibility index (Phi) is 7.66. The van der Waals surface area contributed by atoms with Crippen molar-refractivity contribution in [3.63, 3.8) is 0 Å². The van der Waals surface area contributed by atoms with Gasteiger partial charge in [-0.1, -0.05) is 36.0 Å². The lowest BCUT2D eigenvalue weighted by Crippen LogP contribution is -2.31. The van der Waals surface area contributed by atoms with Gasteiger partial charge in [-0.05, 0) is 36.8 Å². The second-order valence-electron chi connectivity index (χ2n) is 7.04. The number of anilines is 1. The number of rotatable bonds is 7. The molecular formula is C23H20F3N3O3S. The van der Waals surface area contributed by atoms with E-state index >= 15 is 0 Å². The molecule has 0 saturated heterocycles. The fourth-order valence-corrected chi connectivity index (χ4v) is 4.22. The number of hydrogen-bond acceptors (Lipinski definition) is 5. The highest BCUT2D eigenvalue weighted by Gasteiger charge is 2.34. The SMILES string of the molecule is CCOc1ccc([C@@H]2CC(=O)NC(SCC(=O)Nc3ccccc3C(F)(F)F)=C2C#N)cc1. The van der Waals surface area contributed by atoms with Crippen LogP contribution in [-0.4, -0.2) is 24.2 Å². The van der Waals surface area contributed by atoms with Crippen LogP contribution in [0.2, 0.25) is 0 Å². The van der Waals surface area contributed by atoms with E-state index in [4.69, 9.17) is 4.74 Å². The number of nitrogens with zero attached hydrogens (tertiary/aromatic N) is 1. The first kappa shape index (κ1) is 24.2. The maximum atomic E-state index is 13.1. The van der Waals surface area contributed by atoms with Gasteiger partial charge in [0.2, 0.25) is 11.8 Å². The molecule has 0 radical (unpaired) electrons. The van der Waals surface area contributed by atoms with Gasteiger partial charge in [-0.25, -0.2) is 0 Å². The molecule has 2 N–H and O–H groups in total. The fourth-order valence-electron chi connectivity index (χ4n) is 3.34. The summed E-state index contributed by atoms with van der Waals surface area (Å²) in [5, 5.41) is 14.8. The molecule has 2 amide bonds. The summed E-state index contributed by atoms with van der Waals surface area (Å²) < 4.78 is 44.8. The van der Waals surface area contributed by atoms with Gasteiger partial charge < -0.3 is 15.4 Å². The summed E-state index contributed by atoms with van der Waals surface area (Å²) in [6.45, 7) is 2.36. The third kappa shape index (κ3) is 6.08. The van der Waals surface area contributed by atoms with E-state index in [-0.39, 0.29) is 34.4 Å². The van der Waals surface area contributed by atoms with Gasteiger partial charge >= 0.3 is 6.18 Å². The van der Waals surface area contributed by atoms with Gasteiger partial charge in [-0.15, -0.1) is 0 Å². The van der Waals surface area contributed by atoms with Crippen LogP contribution >= 0.6 is 11.8 Å². The summed E-state index contributed by atoms with van der Waals surface area (Å²) in [4.78, 5) is 24.6. The normalized spacial score (nSPS) is 16.1. The molecule has 33 heavy (non-hydrogen) atoms. The number of carbonyl (C=O) groups is 2. The smallest absolute Gasteiger partial charge is 0.418 e. The van der Waals surface area contributed by atoms with Gasteiger partial charge in [-0.3, -0.25) is 9.59 Å². The van der Waals surface area contributed by atoms with Crippen molar-refractivity contribution in [2.24, 2.45) is 0 Å². The first-order valence-corrected chi connectivity index (χ1v) is 11.0. The quantitative estimate of drug-likeness (QED) is 0.600. The van der Waals surface area contributed by atoms with Crippen LogP contribution in [0.25, 0.3) is 0 Å². The Morgan fingerprint density at radius 1 is 1.24 bits per heavy atom. The van der Waals surface area contributed by atoms with Gasteiger partial charge in [0, 0.05) is 12.3 Å². The number of allylic oxidation sites excluding steroid dienone is 1. The molecule has 172 valence electrons. The summed E-state index contributed by atoms with van der Waals surface area (Å²) in [6, 6.07) is 13.8. The zero-order valence-electron chi connectivity index (χ0n) is 17.5. The van der Waals surface area contributed by atoms with Crippen molar-refractivity contribution < 1.29 is 27.5 Å². The summed E-state index contributed by atoms with van der Waals surface area (Å²) in [5.41, 5.74) is -0.286. The molecule has 3 rings (SSSR count). The predicted octanol–water partition coefficient (Wildman–Crippen LogP) is 4.81. The zero-order chi connectivity index (χ0) is 24.0. The molecule has 0 unspecified atom stereocenters. The number of thioether (sulfide) groups is 1. The molecule has 1 atom stereocenters. The van der Waals surface area contributed by atoms with Crippen molar-refractivity contribution in [3.05, 3.63) is 70.3 Å².